The quantitative estimate of drug-likeness (QED) is 0.868. The second kappa shape index (κ2) is 7.12. The molecule has 0 bridgehead atoms. The molecule has 8 heteroatoms. The van der Waals surface area contributed by atoms with Gasteiger partial charge in [0.05, 0.1) is 12.2 Å². The van der Waals surface area contributed by atoms with Gasteiger partial charge in [0.2, 0.25) is 0 Å². The van der Waals surface area contributed by atoms with Gasteiger partial charge in [0.15, 0.2) is 0 Å². The van der Waals surface area contributed by atoms with Gasteiger partial charge in [0.1, 0.15) is 5.69 Å². The van der Waals surface area contributed by atoms with Gasteiger partial charge < -0.3 is 10.6 Å². The highest BCUT2D eigenvalue weighted by Crippen LogP contribution is 2.27. The van der Waals surface area contributed by atoms with E-state index in [2.05, 4.69) is 4.98 Å². The summed E-state index contributed by atoms with van der Waals surface area (Å²) in [4.78, 5) is 27.7. The Morgan fingerprint density at radius 3 is 2.25 bits per heavy atom. The van der Waals surface area contributed by atoms with E-state index < -0.39 is 23.7 Å². The molecule has 1 aromatic heterocycles. The lowest BCUT2D eigenvalue weighted by atomic mass is 10.2. The predicted molar refractivity (Wildman–Crippen MR) is 79.1 cm³/mol. The van der Waals surface area contributed by atoms with Gasteiger partial charge in [-0.05, 0) is 17.7 Å². The number of carbonyl (C=O) groups excluding carboxylic acids is 2. The zero-order valence-corrected chi connectivity index (χ0v) is 12.5. The molecule has 1 aromatic carbocycles. The SMILES string of the molecule is NC(=O)C(=O)N(Cc1ccccc1)Cc1cccc(C(F)(F)F)n1. The van der Waals surface area contributed by atoms with Crippen LogP contribution in [0, 0.1) is 0 Å². The van der Waals surface area contributed by atoms with Crippen LogP contribution in [0.3, 0.4) is 0 Å². The van der Waals surface area contributed by atoms with Gasteiger partial charge >= 0.3 is 18.0 Å². The van der Waals surface area contributed by atoms with Crippen LogP contribution in [0.2, 0.25) is 0 Å². The summed E-state index contributed by atoms with van der Waals surface area (Å²) in [6.45, 7) is -0.235. The van der Waals surface area contributed by atoms with E-state index in [1.54, 1.807) is 30.3 Å². The molecule has 0 radical (unpaired) electrons. The Bertz CT molecular complexity index is 733. The molecule has 0 fully saturated rings. The van der Waals surface area contributed by atoms with Crippen molar-refractivity contribution in [2.45, 2.75) is 19.3 Å². The van der Waals surface area contributed by atoms with E-state index >= 15 is 0 Å². The van der Waals surface area contributed by atoms with Crippen molar-refractivity contribution in [2.24, 2.45) is 5.73 Å². The lowest BCUT2D eigenvalue weighted by Crippen LogP contribution is -2.39. The smallest absolute Gasteiger partial charge is 0.361 e. The molecular formula is C16H14F3N3O2. The second-order valence-electron chi connectivity index (χ2n) is 5.02. The van der Waals surface area contributed by atoms with Crippen molar-refractivity contribution in [3.05, 3.63) is 65.5 Å². The summed E-state index contributed by atoms with van der Waals surface area (Å²) in [6.07, 6.45) is -4.59. The van der Waals surface area contributed by atoms with Crippen LogP contribution < -0.4 is 5.73 Å². The molecule has 2 amide bonds. The highest BCUT2D eigenvalue weighted by molar-refractivity contribution is 6.34. The molecule has 0 unspecified atom stereocenters. The Kier molecular flexibility index (Phi) is 5.18. The molecule has 2 aromatic rings. The third kappa shape index (κ3) is 4.55. The molecule has 0 atom stereocenters. The first kappa shape index (κ1) is 17.5. The molecule has 24 heavy (non-hydrogen) atoms. The van der Waals surface area contributed by atoms with Crippen molar-refractivity contribution >= 4 is 11.8 Å². The van der Waals surface area contributed by atoms with Crippen molar-refractivity contribution in [1.82, 2.24) is 9.88 Å². The van der Waals surface area contributed by atoms with Gasteiger partial charge in [-0.1, -0.05) is 36.4 Å². The summed E-state index contributed by atoms with van der Waals surface area (Å²) >= 11 is 0. The molecule has 126 valence electrons. The Labute approximate surface area is 135 Å². The second-order valence-corrected chi connectivity index (χ2v) is 5.02. The molecule has 1 heterocycles. The van der Waals surface area contributed by atoms with Crippen LogP contribution in [0.4, 0.5) is 13.2 Å². The molecule has 2 rings (SSSR count). The van der Waals surface area contributed by atoms with Crippen LogP contribution in [0.15, 0.2) is 48.5 Å². The maximum Gasteiger partial charge on any atom is 0.433 e. The number of benzene rings is 1. The summed E-state index contributed by atoms with van der Waals surface area (Å²) in [5.41, 5.74) is 4.67. The van der Waals surface area contributed by atoms with Gasteiger partial charge in [0.25, 0.3) is 0 Å². The van der Waals surface area contributed by atoms with Crippen LogP contribution >= 0.6 is 0 Å². The van der Waals surface area contributed by atoms with Gasteiger partial charge in [-0.3, -0.25) is 9.59 Å². The number of nitrogens with two attached hydrogens (primary N) is 1. The summed E-state index contributed by atoms with van der Waals surface area (Å²) < 4.78 is 38.2. The van der Waals surface area contributed by atoms with Crippen LogP contribution in [-0.2, 0) is 28.9 Å². The van der Waals surface area contributed by atoms with Crippen molar-refractivity contribution < 1.29 is 22.8 Å². The van der Waals surface area contributed by atoms with E-state index in [0.717, 1.165) is 11.0 Å². The average molecular weight is 337 g/mol. The minimum Gasteiger partial charge on any atom is -0.361 e. The van der Waals surface area contributed by atoms with E-state index in [9.17, 15) is 22.8 Å². The third-order valence-corrected chi connectivity index (χ3v) is 3.16. The molecule has 0 saturated carbocycles. The van der Waals surface area contributed by atoms with Gasteiger partial charge in [-0.15, -0.1) is 0 Å². The molecular weight excluding hydrogens is 323 g/mol. The molecule has 0 aliphatic heterocycles. The van der Waals surface area contributed by atoms with Gasteiger partial charge in [0, 0.05) is 6.54 Å². The number of amides is 2. The minimum absolute atomic E-state index is 0.00959. The number of carbonyl (C=O) groups is 2. The van der Waals surface area contributed by atoms with Crippen molar-refractivity contribution in [1.29, 1.82) is 0 Å². The monoisotopic (exact) mass is 337 g/mol. The van der Waals surface area contributed by atoms with Crippen LogP contribution in [0.1, 0.15) is 17.0 Å². The van der Waals surface area contributed by atoms with E-state index in [4.69, 9.17) is 5.73 Å². The first-order valence-electron chi connectivity index (χ1n) is 6.93. The number of rotatable bonds is 4. The fourth-order valence-electron chi connectivity index (χ4n) is 2.08. The number of hydrogen-bond donors (Lipinski definition) is 1. The third-order valence-electron chi connectivity index (χ3n) is 3.16. The molecule has 0 spiro atoms. The number of alkyl halides is 3. The number of primary amides is 1. The Morgan fingerprint density at radius 1 is 1.00 bits per heavy atom. The Morgan fingerprint density at radius 2 is 1.67 bits per heavy atom. The lowest BCUT2D eigenvalue weighted by molar-refractivity contribution is -0.145. The minimum atomic E-state index is -4.59. The van der Waals surface area contributed by atoms with E-state index in [1.807, 2.05) is 0 Å². The fraction of sp³-hybridized carbons (Fsp3) is 0.188. The van der Waals surface area contributed by atoms with Gasteiger partial charge in [-0.25, -0.2) is 4.98 Å². The molecule has 5 nitrogen and oxygen atoms in total. The van der Waals surface area contributed by atoms with E-state index in [-0.39, 0.29) is 18.8 Å². The predicted octanol–water partition coefficient (Wildman–Crippen LogP) is 2.11. The largest absolute Gasteiger partial charge is 0.433 e. The van der Waals surface area contributed by atoms with Crippen LogP contribution in [-0.4, -0.2) is 21.7 Å². The summed E-state index contributed by atoms with van der Waals surface area (Å²) in [7, 11) is 0. The summed E-state index contributed by atoms with van der Waals surface area (Å²) in [5, 5.41) is 0. The summed E-state index contributed by atoms with van der Waals surface area (Å²) in [6, 6.07) is 12.1. The lowest BCUT2D eigenvalue weighted by Gasteiger charge is -2.21. The highest BCUT2D eigenvalue weighted by atomic mass is 19.4. The number of pyridine rings is 1. The number of hydrogen-bond acceptors (Lipinski definition) is 3. The zero-order valence-electron chi connectivity index (χ0n) is 12.5. The van der Waals surface area contributed by atoms with Crippen molar-refractivity contribution in [3.63, 3.8) is 0 Å². The summed E-state index contributed by atoms with van der Waals surface area (Å²) in [5.74, 6) is -2.17. The van der Waals surface area contributed by atoms with Crippen molar-refractivity contribution in [3.8, 4) is 0 Å². The standard InChI is InChI=1S/C16H14F3N3O2/c17-16(18,19)13-8-4-7-12(21-13)10-22(15(24)14(20)23)9-11-5-2-1-3-6-11/h1-8H,9-10H2,(H2,20,23). The first-order chi connectivity index (χ1) is 11.3. The highest BCUT2D eigenvalue weighted by Gasteiger charge is 2.32. The van der Waals surface area contributed by atoms with E-state index in [1.165, 1.54) is 12.1 Å². The fourth-order valence-corrected chi connectivity index (χ4v) is 2.08. The maximum absolute atomic E-state index is 12.7. The van der Waals surface area contributed by atoms with E-state index in [0.29, 0.717) is 5.56 Å². The topological polar surface area (TPSA) is 76.3 Å². The Hall–Kier alpha value is -2.90. The molecule has 0 aliphatic carbocycles. The van der Waals surface area contributed by atoms with Gasteiger partial charge in [-0.2, -0.15) is 13.2 Å². The molecule has 0 saturated heterocycles. The van der Waals surface area contributed by atoms with Crippen LogP contribution in [0.5, 0.6) is 0 Å². The zero-order chi connectivity index (χ0) is 17.7. The van der Waals surface area contributed by atoms with Crippen LogP contribution in [0.25, 0.3) is 0 Å². The van der Waals surface area contributed by atoms with Crippen molar-refractivity contribution in [2.75, 3.05) is 0 Å². The number of nitrogens with zero attached hydrogens (tertiary/aromatic N) is 2. The number of aromatic nitrogens is 1. The molecule has 2 N–H and O–H groups in total. The average Bonchev–Trinajstić information content (AvgIpc) is 2.54. The Balaban J connectivity index is 2.25. The maximum atomic E-state index is 12.7. The molecule has 0 aliphatic rings. The number of halogens is 3. The normalized spacial score (nSPS) is 11.1. The first-order valence-corrected chi connectivity index (χ1v) is 6.93.